The first-order valence-electron chi connectivity index (χ1n) is 52.9. The van der Waals surface area contributed by atoms with E-state index < -0.39 is 0 Å². The maximum atomic E-state index is 9.68. The Hall–Kier alpha value is -9.04. The standard InChI is InChI=1S/4C27H35ClN6O2/c4*1-17(35)9-19-14-33(15-19)26-12-27(31-18(2)30-26)34-25-11-23(24(28)10-21(25)13-29-34)20-3-6-32(7-4-20)22-5-8-36-16-22/h4*10-13,17,19-20,22,35H,3-9,14-16H2,1-2H3. The third-order valence-electron chi connectivity index (χ3n) is 32.2. The maximum Gasteiger partial charge on any atom is 0.159 e. The normalized spacial score (nSPS) is 22.9. The Kier molecular flexibility index (Phi) is 31.1. The van der Waals surface area contributed by atoms with E-state index in [2.05, 4.69) is 108 Å². The van der Waals surface area contributed by atoms with Gasteiger partial charge in [-0.3, -0.25) is 19.6 Å². The van der Waals surface area contributed by atoms with Crippen LogP contribution in [0.3, 0.4) is 0 Å². The van der Waals surface area contributed by atoms with E-state index in [1.165, 1.54) is 22.3 Å². The molecule has 0 spiro atoms. The molecule has 24 rings (SSSR count). The lowest BCUT2D eigenvalue weighted by atomic mass is 9.88. The fourth-order valence-corrected chi connectivity index (χ4v) is 25.9. The summed E-state index contributed by atoms with van der Waals surface area (Å²) in [5, 5.41) is 64.9. The highest BCUT2D eigenvalue weighted by Gasteiger charge is 2.40. The van der Waals surface area contributed by atoms with E-state index in [4.69, 9.17) is 106 Å². The first kappa shape index (κ1) is 101. The van der Waals surface area contributed by atoms with Crippen molar-refractivity contribution in [3.63, 3.8) is 0 Å². The van der Waals surface area contributed by atoms with Crippen molar-refractivity contribution in [2.45, 2.75) is 230 Å². The zero-order valence-corrected chi connectivity index (χ0v) is 87.5. The number of anilines is 4. The number of halogens is 4. The number of aryl methyl sites for hydroxylation is 4. The van der Waals surface area contributed by atoms with E-state index in [-0.39, 0.29) is 24.4 Å². The second-order valence-electron chi connectivity index (χ2n) is 43.2. The summed E-state index contributed by atoms with van der Waals surface area (Å²) < 4.78 is 30.1. The summed E-state index contributed by atoms with van der Waals surface area (Å²) in [6, 6.07) is 27.5. The maximum absolute atomic E-state index is 9.68. The Morgan fingerprint density at radius 1 is 0.278 bits per heavy atom. The fraction of sp³-hybridized carbons (Fsp3) is 0.593. The summed E-state index contributed by atoms with van der Waals surface area (Å²) in [4.78, 5) is 57.0. The number of likely N-dealkylation sites (tertiary alicyclic amines) is 4. The number of aliphatic hydroxyl groups is 4. The monoisotopic (exact) mass is 2040 g/mol. The number of fused-ring (bicyclic) bond motifs is 4. The summed E-state index contributed by atoms with van der Waals surface area (Å²) in [5.74, 6) is 13.5. The molecule has 20 heterocycles. The lowest BCUT2D eigenvalue weighted by Gasteiger charge is -2.40. The van der Waals surface area contributed by atoms with Crippen molar-refractivity contribution >= 4 is 113 Å². The van der Waals surface area contributed by atoms with Crippen LogP contribution in [0, 0.1) is 51.4 Å². The molecular formula is C108H140Cl4N24O8. The summed E-state index contributed by atoms with van der Waals surface area (Å²) in [6.07, 6.45) is 23.2. The molecule has 8 aromatic heterocycles. The van der Waals surface area contributed by atoms with Crippen molar-refractivity contribution < 1.29 is 39.4 Å². The van der Waals surface area contributed by atoms with Gasteiger partial charge in [-0.15, -0.1) is 0 Å². The van der Waals surface area contributed by atoms with E-state index in [0.717, 1.165) is 394 Å². The minimum Gasteiger partial charge on any atom is -0.393 e. The van der Waals surface area contributed by atoms with Gasteiger partial charge in [0.1, 0.15) is 46.6 Å². The molecule has 12 saturated heterocycles. The number of nitrogens with zero attached hydrogens (tertiary/aromatic N) is 24. The second-order valence-corrected chi connectivity index (χ2v) is 44.8. The minimum absolute atomic E-state index is 0.264. The topological polar surface area (TPSA) is 318 Å². The largest absolute Gasteiger partial charge is 0.393 e. The molecule has 4 N–H and O–H groups in total. The van der Waals surface area contributed by atoms with Crippen LogP contribution in [0.5, 0.6) is 0 Å². The first-order valence-corrected chi connectivity index (χ1v) is 54.4. The second kappa shape index (κ2) is 44.4. The molecular weight excluding hydrogens is 1900 g/mol. The van der Waals surface area contributed by atoms with Gasteiger partial charge in [0, 0.05) is 169 Å². The van der Waals surface area contributed by atoms with Gasteiger partial charge in [-0.05, 0) is 329 Å². The van der Waals surface area contributed by atoms with Gasteiger partial charge in [0.25, 0.3) is 0 Å². The average molecular weight is 2040 g/mol. The highest BCUT2D eigenvalue weighted by Crippen LogP contribution is 2.45. The summed E-state index contributed by atoms with van der Waals surface area (Å²) >= 11 is 27.2. The van der Waals surface area contributed by atoms with Gasteiger partial charge in [-0.1, -0.05) is 46.4 Å². The van der Waals surface area contributed by atoms with Gasteiger partial charge in [0.2, 0.25) is 0 Å². The third kappa shape index (κ3) is 22.8. The van der Waals surface area contributed by atoms with E-state index >= 15 is 0 Å². The lowest BCUT2D eigenvalue weighted by Crippen LogP contribution is -2.48. The molecule has 0 bridgehead atoms. The molecule has 0 radical (unpaired) electrons. The van der Waals surface area contributed by atoms with E-state index in [1.54, 1.807) is 0 Å². The van der Waals surface area contributed by atoms with Crippen LogP contribution in [0.25, 0.3) is 66.9 Å². The lowest BCUT2D eigenvalue weighted by molar-refractivity contribution is 0.122. The highest BCUT2D eigenvalue weighted by atomic mass is 35.5. The van der Waals surface area contributed by atoms with Crippen LogP contribution in [-0.2, 0) is 18.9 Å². The van der Waals surface area contributed by atoms with Crippen LogP contribution in [-0.4, -0.2) is 325 Å². The van der Waals surface area contributed by atoms with Gasteiger partial charge < -0.3 is 59.0 Å². The molecule has 32 nitrogen and oxygen atoms in total. The van der Waals surface area contributed by atoms with Crippen molar-refractivity contribution in [2.24, 2.45) is 23.7 Å². The van der Waals surface area contributed by atoms with Gasteiger partial charge >= 0.3 is 0 Å². The number of ether oxygens (including phenoxy) is 4. The van der Waals surface area contributed by atoms with Crippen molar-refractivity contribution in [3.8, 4) is 23.3 Å². The van der Waals surface area contributed by atoms with Crippen molar-refractivity contribution in [3.05, 3.63) is 163 Å². The number of benzene rings is 4. The Labute approximate surface area is 863 Å². The van der Waals surface area contributed by atoms with Crippen LogP contribution < -0.4 is 19.6 Å². The Morgan fingerprint density at radius 2 is 0.472 bits per heavy atom. The van der Waals surface area contributed by atoms with Crippen LogP contribution in [0.15, 0.2) is 97.6 Å². The molecule has 4 aromatic carbocycles. The Bertz CT molecular complexity index is 5670. The molecule has 12 aliphatic rings. The predicted molar refractivity (Wildman–Crippen MR) is 565 cm³/mol. The SMILES string of the molecule is Cc1nc(N2CC(CC(C)O)C2)cc(-n2ncc3cc(Cl)c(C4CCN(C5CCOC5)CC4)cc32)n1.Cc1nc(N2CC(CC(C)O)C2)cc(-n2ncc3cc(Cl)c(C4CCN(C5CCOC5)CC4)cc32)n1.Cc1nc(N2CC(CC(C)O)C2)cc(-n2ncc3cc(Cl)c(C4CCN(C5CCOC5)CC4)cc32)n1.Cc1nc(N2CC(CC(C)O)C2)cc(-n2ncc3cc(Cl)c(C4CCN(C5CCOC5)CC4)cc32)n1. The van der Waals surface area contributed by atoms with Crippen LogP contribution in [0.2, 0.25) is 20.1 Å². The number of hydrogen-bond acceptors (Lipinski definition) is 28. The summed E-state index contributed by atoms with van der Waals surface area (Å²) in [6.45, 7) is 38.2. The van der Waals surface area contributed by atoms with Gasteiger partial charge in [-0.2, -0.15) is 20.4 Å². The quantitative estimate of drug-likeness (QED) is 0.0437. The zero-order chi connectivity index (χ0) is 99.2. The van der Waals surface area contributed by atoms with Crippen LogP contribution >= 0.6 is 46.4 Å². The predicted octanol–water partition coefficient (Wildman–Crippen LogP) is 15.8. The zero-order valence-electron chi connectivity index (χ0n) is 84.4. The molecule has 12 aliphatic heterocycles. The number of rotatable bonds is 24. The molecule has 768 valence electrons. The minimum atomic E-state index is -0.264. The average Bonchev–Trinajstić information content (AvgIpc) is 1.60. The van der Waals surface area contributed by atoms with Gasteiger partial charge in [0.05, 0.1) is 97.7 Å². The molecule has 12 fully saturated rings. The highest BCUT2D eigenvalue weighted by molar-refractivity contribution is 6.33. The first-order chi connectivity index (χ1) is 69.8. The van der Waals surface area contributed by atoms with Gasteiger partial charge in [0.15, 0.2) is 23.3 Å². The van der Waals surface area contributed by atoms with Crippen molar-refractivity contribution in [1.29, 1.82) is 0 Å². The number of piperidine rings is 4. The third-order valence-corrected chi connectivity index (χ3v) is 33.6. The smallest absolute Gasteiger partial charge is 0.159 e. The Morgan fingerprint density at radius 3 is 0.653 bits per heavy atom. The summed E-state index contributed by atoms with van der Waals surface area (Å²) in [5.41, 5.74) is 8.96. The molecule has 0 amide bonds. The molecule has 36 heteroatoms. The van der Waals surface area contributed by atoms with E-state index in [0.29, 0.717) is 71.5 Å². The molecule has 144 heavy (non-hydrogen) atoms. The van der Waals surface area contributed by atoms with Crippen LogP contribution in [0.4, 0.5) is 23.3 Å². The molecule has 0 aliphatic carbocycles. The Balaban J connectivity index is 0.000000113. The fourth-order valence-electron chi connectivity index (χ4n) is 24.6. The summed E-state index contributed by atoms with van der Waals surface area (Å²) in [7, 11) is 0. The van der Waals surface area contributed by atoms with Crippen LogP contribution in [0.1, 0.15) is 200 Å². The van der Waals surface area contributed by atoms with E-state index in [1.807, 2.05) is 123 Å². The van der Waals surface area contributed by atoms with Gasteiger partial charge in [-0.25, -0.2) is 58.6 Å². The van der Waals surface area contributed by atoms with Crippen molar-refractivity contribution in [2.75, 3.05) is 177 Å². The van der Waals surface area contributed by atoms with E-state index in [9.17, 15) is 20.4 Å². The molecule has 8 atom stereocenters. The molecule has 8 unspecified atom stereocenters. The number of aliphatic hydroxyl groups excluding tert-OH is 4. The molecule has 0 saturated carbocycles. The number of aromatic nitrogens is 16. The molecule has 12 aromatic rings. The number of hydrogen-bond donors (Lipinski definition) is 4. The van der Waals surface area contributed by atoms with Crippen molar-refractivity contribution in [1.82, 2.24) is 98.6 Å².